The lowest BCUT2D eigenvalue weighted by Gasteiger charge is -2.09. The first kappa shape index (κ1) is 19.8. The number of nitrogens with zero attached hydrogens (tertiary/aromatic N) is 2. The van der Waals surface area contributed by atoms with E-state index in [4.69, 9.17) is 0 Å². The number of benzene rings is 2. The van der Waals surface area contributed by atoms with E-state index in [0.717, 1.165) is 46.2 Å². The SMILES string of the molecule is O=C(Nc1cccc(-c2csc(-c3ccccn3)n2)c1)c1ccc(C(F)(F)F)cc1. The molecule has 0 unspecified atom stereocenters. The predicted molar refractivity (Wildman–Crippen MR) is 110 cm³/mol. The zero-order valence-electron chi connectivity index (χ0n) is 15.4. The molecule has 2 aromatic heterocycles. The molecule has 0 fully saturated rings. The van der Waals surface area contributed by atoms with Gasteiger partial charge in [0.25, 0.3) is 5.91 Å². The molecule has 2 heterocycles. The van der Waals surface area contributed by atoms with Crippen LogP contribution in [0.2, 0.25) is 0 Å². The standard InChI is InChI=1S/C22H14F3N3OS/c23-22(24,25)16-9-7-14(8-10-16)20(29)27-17-5-3-4-15(12-17)19-13-30-21(28-19)18-6-1-2-11-26-18/h1-13H,(H,27,29). The number of anilines is 1. The van der Waals surface area contributed by atoms with E-state index in [1.165, 1.54) is 11.3 Å². The quantitative estimate of drug-likeness (QED) is 0.427. The molecule has 0 aliphatic carbocycles. The third-order valence-electron chi connectivity index (χ3n) is 4.28. The molecule has 0 aliphatic heterocycles. The third-order valence-corrected chi connectivity index (χ3v) is 5.14. The van der Waals surface area contributed by atoms with E-state index in [2.05, 4.69) is 15.3 Å². The second-order valence-electron chi connectivity index (χ2n) is 6.36. The number of aromatic nitrogens is 2. The maximum Gasteiger partial charge on any atom is 0.416 e. The van der Waals surface area contributed by atoms with Crippen LogP contribution < -0.4 is 5.32 Å². The van der Waals surface area contributed by atoms with Gasteiger partial charge in [-0.15, -0.1) is 11.3 Å². The molecule has 4 nitrogen and oxygen atoms in total. The number of halogens is 3. The molecular weight excluding hydrogens is 411 g/mol. The summed E-state index contributed by atoms with van der Waals surface area (Å²) < 4.78 is 38.0. The smallest absolute Gasteiger partial charge is 0.322 e. The Morgan fingerprint density at radius 2 is 1.73 bits per heavy atom. The van der Waals surface area contributed by atoms with Crippen molar-refractivity contribution in [1.29, 1.82) is 0 Å². The lowest BCUT2D eigenvalue weighted by molar-refractivity contribution is -0.137. The van der Waals surface area contributed by atoms with Crippen LogP contribution in [0.4, 0.5) is 18.9 Å². The molecule has 0 saturated carbocycles. The second kappa shape index (κ2) is 8.08. The van der Waals surface area contributed by atoms with Gasteiger partial charge in [-0.05, 0) is 48.5 Å². The monoisotopic (exact) mass is 425 g/mol. The highest BCUT2D eigenvalue weighted by Gasteiger charge is 2.30. The summed E-state index contributed by atoms with van der Waals surface area (Å²) in [5.74, 6) is -0.492. The van der Waals surface area contributed by atoms with Crippen LogP contribution in [0.25, 0.3) is 22.0 Å². The molecular formula is C22H14F3N3OS. The number of hydrogen-bond acceptors (Lipinski definition) is 4. The summed E-state index contributed by atoms with van der Waals surface area (Å²) in [4.78, 5) is 21.3. The molecule has 4 aromatic rings. The van der Waals surface area contributed by atoms with Crippen LogP contribution in [0.1, 0.15) is 15.9 Å². The average Bonchev–Trinajstić information content (AvgIpc) is 3.24. The Balaban J connectivity index is 1.51. The van der Waals surface area contributed by atoms with E-state index >= 15 is 0 Å². The minimum atomic E-state index is -4.44. The summed E-state index contributed by atoms with van der Waals surface area (Å²) in [6, 6.07) is 16.8. The number of alkyl halides is 3. The Labute approximate surface area is 174 Å². The van der Waals surface area contributed by atoms with Crippen molar-refractivity contribution < 1.29 is 18.0 Å². The molecule has 0 saturated heterocycles. The third kappa shape index (κ3) is 4.38. The number of hydrogen-bond donors (Lipinski definition) is 1. The maximum absolute atomic E-state index is 12.7. The van der Waals surface area contributed by atoms with Crippen LogP contribution in [0.5, 0.6) is 0 Å². The fraction of sp³-hybridized carbons (Fsp3) is 0.0455. The summed E-state index contributed by atoms with van der Waals surface area (Å²) in [5.41, 5.74) is 2.18. The number of carbonyl (C=O) groups excluding carboxylic acids is 1. The first-order valence-electron chi connectivity index (χ1n) is 8.86. The van der Waals surface area contributed by atoms with E-state index < -0.39 is 17.6 Å². The fourth-order valence-electron chi connectivity index (χ4n) is 2.78. The van der Waals surface area contributed by atoms with Crippen LogP contribution in [-0.4, -0.2) is 15.9 Å². The van der Waals surface area contributed by atoms with Crippen LogP contribution >= 0.6 is 11.3 Å². The molecule has 8 heteroatoms. The Kier molecular flexibility index (Phi) is 5.33. The van der Waals surface area contributed by atoms with E-state index in [0.29, 0.717) is 5.69 Å². The van der Waals surface area contributed by atoms with Crippen molar-refractivity contribution in [2.24, 2.45) is 0 Å². The average molecular weight is 425 g/mol. The summed E-state index contributed by atoms with van der Waals surface area (Å²) in [7, 11) is 0. The lowest BCUT2D eigenvalue weighted by atomic mass is 10.1. The summed E-state index contributed by atoms with van der Waals surface area (Å²) in [6.07, 6.45) is -2.74. The van der Waals surface area contributed by atoms with Crippen molar-refractivity contribution in [2.45, 2.75) is 6.18 Å². The van der Waals surface area contributed by atoms with Crippen LogP contribution in [0, 0.1) is 0 Å². The number of amides is 1. The van der Waals surface area contributed by atoms with Crippen LogP contribution in [-0.2, 0) is 6.18 Å². The first-order valence-corrected chi connectivity index (χ1v) is 9.74. The van der Waals surface area contributed by atoms with E-state index in [9.17, 15) is 18.0 Å². The van der Waals surface area contributed by atoms with Gasteiger partial charge in [0, 0.05) is 28.4 Å². The topological polar surface area (TPSA) is 54.9 Å². The van der Waals surface area contributed by atoms with E-state index in [1.807, 2.05) is 29.6 Å². The molecule has 4 rings (SSSR count). The largest absolute Gasteiger partial charge is 0.416 e. The molecule has 0 aliphatic rings. The van der Waals surface area contributed by atoms with Gasteiger partial charge in [-0.3, -0.25) is 9.78 Å². The molecule has 150 valence electrons. The first-order chi connectivity index (χ1) is 14.4. The molecule has 0 radical (unpaired) electrons. The maximum atomic E-state index is 12.7. The normalized spacial score (nSPS) is 11.3. The van der Waals surface area contributed by atoms with Gasteiger partial charge in [0.05, 0.1) is 17.0 Å². The highest BCUT2D eigenvalue weighted by atomic mass is 32.1. The van der Waals surface area contributed by atoms with Crippen LogP contribution in [0.15, 0.2) is 78.3 Å². The minimum Gasteiger partial charge on any atom is -0.322 e. The zero-order chi connectivity index (χ0) is 21.1. The number of nitrogens with one attached hydrogen (secondary N) is 1. The van der Waals surface area contributed by atoms with Gasteiger partial charge in [-0.25, -0.2) is 4.98 Å². The molecule has 2 aromatic carbocycles. The van der Waals surface area contributed by atoms with Gasteiger partial charge < -0.3 is 5.32 Å². The Hall–Kier alpha value is -3.52. The van der Waals surface area contributed by atoms with Gasteiger partial charge in [0.2, 0.25) is 0 Å². The van der Waals surface area contributed by atoms with Crippen molar-refractivity contribution in [3.63, 3.8) is 0 Å². The highest BCUT2D eigenvalue weighted by molar-refractivity contribution is 7.13. The molecule has 30 heavy (non-hydrogen) atoms. The molecule has 0 bridgehead atoms. The lowest BCUT2D eigenvalue weighted by Crippen LogP contribution is -2.12. The van der Waals surface area contributed by atoms with Crippen molar-refractivity contribution in [3.05, 3.63) is 89.4 Å². The van der Waals surface area contributed by atoms with Crippen LogP contribution in [0.3, 0.4) is 0 Å². The summed E-state index contributed by atoms with van der Waals surface area (Å²) in [5, 5.41) is 5.39. The summed E-state index contributed by atoms with van der Waals surface area (Å²) >= 11 is 1.46. The summed E-state index contributed by atoms with van der Waals surface area (Å²) in [6.45, 7) is 0. The van der Waals surface area contributed by atoms with Crippen molar-refractivity contribution in [3.8, 4) is 22.0 Å². The number of carbonyl (C=O) groups is 1. The Bertz CT molecular complexity index is 1170. The van der Waals surface area contributed by atoms with Gasteiger partial charge in [-0.2, -0.15) is 13.2 Å². The van der Waals surface area contributed by atoms with Gasteiger partial charge in [0.15, 0.2) is 0 Å². The molecule has 1 N–H and O–H groups in total. The second-order valence-corrected chi connectivity index (χ2v) is 7.22. The number of rotatable bonds is 4. The minimum absolute atomic E-state index is 0.138. The molecule has 1 amide bonds. The molecule has 0 atom stereocenters. The predicted octanol–water partition coefficient (Wildman–Crippen LogP) is 6.14. The van der Waals surface area contributed by atoms with Gasteiger partial charge in [-0.1, -0.05) is 18.2 Å². The van der Waals surface area contributed by atoms with Crippen molar-refractivity contribution >= 4 is 22.9 Å². The Morgan fingerprint density at radius 1 is 0.933 bits per heavy atom. The van der Waals surface area contributed by atoms with Gasteiger partial charge in [0.1, 0.15) is 5.01 Å². The zero-order valence-corrected chi connectivity index (χ0v) is 16.2. The van der Waals surface area contributed by atoms with E-state index in [-0.39, 0.29) is 5.56 Å². The van der Waals surface area contributed by atoms with E-state index in [1.54, 1.807) is 24.4 Å². The number of thiazole rings is 1. The Morgan fingerprint density at radius 3 is 2.43 bits per heavy atom. The highest BCUT2D eigenvalue weighted by Crippen LogP contribution is 2.30. The van der Waals surface area contributed by atoms with Gasteiger partial charge >= 0.3 is 6.18 Å². The van der Waals surface area contributed by atoms with Crippen molar-refractivity contribution in [1.82, 2.24) is 9.97 Å². The number of pyridine rings is 1. The fourth-order valence-corrected chi connectivity index (χ4v) is 3.59. The molecule has 0 spiro atoms. The van der Waals surface area contributed by atoms with Crippen molar-refractivity contribution in [2.75, 3.05) is 5.32 Å².